The molecule has 0 amide bonds. The Labute approximate surface area is 156 Å². The van der Waals surface area contributed by atoms with Gasteiger partial charge in [0.1, 0.15) is 0 Å². The number of methoxy groups -OCH3 is 1. The van der Waals surface area contributed by atoms with Crippen molar-refractivity contribution < 1.29 is 9.47 Å². The number of aromatic nitrogens is 2. The maximum Gasteiger partial charge on any atom is 0.213 e. The van der Waals surface area contributed by atoms with Crippen LogP contribution >= 0.6 is 0 Å². The average molecular weight is 355 g/mol. The molecule has 0 aromatic carbocycles. The Kier molecular flexibility index (Phi) is 6.09. The first-order valence-corrected chi connectivity index (χ1v) is 9.41. The highest BCUT2D eigenvalue weighted by atomic mass is 16.5. The van der Waals surface area contributed by atoms with Gasteiger partial charge in [-0.2, -0.15) is 0 Å². The summed E-state index contributed by atoms with van der Waals surface area (Å²) in [5.74, 6) is 2.05. The van der Waals surface area contributed by atoms with Crippen molar-refractivity contribution in [2.24, 2.45) is 5.92 Å². The monoisotopic (exact) mass is 355 g/mol. The van der Waals surface area contributed by atoms with E-state index in [1.54, 1.807) is 7.11 Å². The molecule has 1 aliphatic rings. The number of hydrogen-bond acceptors (Lipinski definition) is 5. The van der Waals surface area contributed by atoms with Gasteiger partial charge in [-0.3, -0.25) is 4.90 Å². The third-order valence-corrected chi connectivity index (χ3v) is 4.93. The molecule has 3 rings (SSSR count). The zero-order valence-corrected chi connectivity index (χ0v) is 16.2. The number of likely N-dealkylation sites (tertiary alicyclic amines) is 1. The zero-order chi connectivity index (χ0) is 18.5. The lowest BCUT2D eigenvalue weighted by Crippen LogP contribution is -2.25. The van der Waals surface area contributed by atoms with Gasteiger partial charge in [-0.15, -0.1) is 0 Å². The molecule has 1 aliphatic heterocycles. The van der Waals surface area contributed by atoms with Crippen molar-refractivity contribution in [2.75, 3.05) is 20.2 Å². The zero-order valence-electron chi connectivity index (χ0n) is 16.2. The minimum Gasteiger partial charge on any atom is -0.481 e. The van der Waals surface area contributed by atoms with Crippen LogP contribution in [0, 0.1) is 5.92 Å². The molecule has 1 fully saturated rings. The highest BCUT2D eigenvalue weighted by Crippen LogP contribution is 2.29. The highest BCUT2D eigenvalue weighted by molar-refractivity contribution is 5.22. The average Bonchev–Trinajstić information content (AvgIpc) is 3.09. The second-order valence-corrected chi connectivity index (χ2v) is 7.30. The number of pyridine rings is 2. The Bertz CT molecular complexity index is 720. The molecule has 5 heteroatoms. The summed E-state index contributed by atoms with van der Waals surface area (Å²) in [5.41, 5.74) is 2.37. The summed E-state index contributed by atoms with van der Waals surface area (Å²) in [6.45, 7) is 8.47. The molecule has 0 radical (unpaired) electrons. The summed E-state index contributed by atoms with van der Waals surface area (Å²) in [5, 5.41) is 0. The Hall–Kier alpha value is -2.14. The molecule has 0 aliphatic carbocycles. The van der Waals surface area contributed by atoms with Crippen LogP contribution in [0.2, 0.25) is 0 Å². The van der Waals surface area contributed by atoms with Gasteiger partial charge in [0.15, 0.2) is 0 Å². The largest absolute Gasteiger partial charge is 0.481 e. The molecule has 3 heterocycles. The van der Waals surface area contributed by atoms with Crippen molar-refractivity contribution in [2.45, 2.75) is 45.8 Å². The van der Waals surface area contributed by atoms with Gasteiger partial charge in [0.2, 0.25) is 11.8 Å². The van der Waals surface area contributed by atoms with Crippen molar-refractivity contribution in [3.63, 3.8) is 0 Å². The van der Waals surface area contributed by atoms with Crippen LogP contribution < -0.4 is 9.47 Å². The van der Waals surface area contributed by atoms with Crippen molar-refractivity contribution in [1.29, 1.82) is 0 Å². The standard InChI is InChI=1S/C21H29N3O2/c1-15(2)26-21-13-17(8-10-22-21)12-18-9-11-24(14-18)16(3)19-6-5-7-20(23-19)25-4/h5-8,10,13,15-16,18H,9,11-12,14H2,1-4H3/t16?,18-/m1/s1. The number of hydrogen-bond donors (Lipinski definition) is 0. The van der Waals surface area contributed by atoms with Gasteiger partial charge >= 0.3 is 0 Å². The minimum atomic E-state index is 0.149. The topological polar surface area (TPSA) is 47.5 Å². The first-order chi connectivity index (χ1) is 12.5. The molecule has 2 atom stereocenters. The van der Waals surface area contributed by atoms with Crippen LogP contribution in [0.1, 0.15) is 44.5 Å². The molecule has 0 spiro atoms. The smallest absolute Gasteiger partial charge is 0.213 e. The summed E-state index contributed by atoms with van der Waals surface area (Å²) in [6, 6.07) is 10.5. The predicted octanol–water partition coefficient (Wildman–Crippen LogP) is 3.90. The number of rotatable bonds is 7. The van der Waals surface area contributed by atoms with Crippen molar-refractivity contribution in [3.05, 3.63) is 47.8 Å². The molecule has 140 valence electrons. The van der Waals surface area contributed by atoms with Crippen LogP contribution in [-0.2, 0) is 6.42 Å². The fourth-order valence-electron chi connectivity index (χ4n) is 3.56. The Balaban J connectivity index is 1.60. The van der Waals surface area contributed by atoms with Crippen molar-refractivity contribution >= 4 is 0 Å². The molecule has 1 unspecified atom stereocenters. The first-order valence-electron chi connectivity index (χ1n) is 9.41. The van der Waals surface area contributed by atoms with Crippen LogP contribution in [0.25, 0.3) is 0 Å². The summed E-state index contributed by atoms with van der Waals surface area (Å²) >= 11 is 0. The Morgan fingerprint density at radius 3 is 2.81 bits per heavy atom. The van der Waals surface area contributed by atoms with Gasteiger partial charge in [-0.05, 0) is 63.8 Å². The van der Waals surface area contributed by atoms with Crippen LogP contribution in [0.4, 0.5) is 0 Å². The predicted molar refractivity (Wildman–Crippen MR) is 103 cm³/mol. The molecular weight excluding hydrogens is 326 g/mol. The van der Waals surface area contributed by atoms with Crippen LogP contribution in [-0.4, -0.2) is 41.2 Å². The van der Waals surface area contributed by atoms with E-state index in [4.69, 9.17) is 9.47 Å². The maximum absolute atomic E-state index is 5.72. The van der Waals surface area contributed by atoms with E-state index in [2.05, 4.69) is 40.0 Å². The Morgan fingerprint density at radius 2 is 2.04 bits per heavy atom. The van der Waals surface area contributed by atoms with Gasteiger partial charge in [-0.1, -0.05) is 6.07 Å². The van der Waals surface area contributed by atoms with E-state index in [9.17, 15) is 0 Å². The number of ether oxygens (including phenoxy) is 2. The summed E-state index contributed by atoms with van der Waals surface area (Å²) < 4.78 is 11.0. The fraction of sp³-hybridized carbons (Fsp3) is 0.524. The van der Waals surface area contributed by atoms with E-state index in [0.717, 1.165) is 31.1 Å². The van der Waals surface area contributed by atoms with E-state index in [1.165, 1.54) is 12.0 Å². The van der Waals surface area contributed by atoms with E-state index >= 15 is 0 Å². The van der Waals surface area contributed by atoms with Crippen LogP contribution in [0.5, 0.6) is 11.8 Å². The second-order valence-electron chi connectivity index (χ2n) is 7.30. The Morgan fingerprint density at radius 1 is 1.19 bits per heavy atom. The summed E-state index contributed by atoms with van der Waals surface area (Å²) in [6.07, 6.45) is 4.27. The number of nitrogens with zero attached hydrogens (tertiary/aromatic N) is 3. The lowest BCUT2D eigenvalue weighted by molar-refractivity contribution is 0.232. The molecule has 5 nitrogen and oxygen atoms in total. The van der Waals surface area contributed by atoms with Gasteiger partial charge in [0.25, 0.3) is 0 Å². The van der Waals surface area contributed by atoms with Gasteiger partial charge in [0, 0.05) is 30.9 Å². The third-order valence-electron chi connectivity index (χ3n) is 4.93. The van der Waals surface area contributed by atoms with Crippen molar-refractivity contribution in [3.8, 4) is 11.8 Å². The van der Waals surface area contributed by atoms with Crippen molar-refractivity contribution in [1.82, 2.24) is 14.9 Å². The van der Waals surface area contributed by atoms with E-state index in [0.29, 0.717) is 17.8 Å². The maximum atomic E-state index is 5.72. The first kappa shape index (κ1) is 18.6. The quantitative estimate of drug-likeness (QED) is 0.754. The van der Waals surface area contributed by atoms with Crippen LogP contribution in [0.3, 0.4) is 0 Å². The lowest BCUT2D eigenvalue weighted by Gasteiger charge is -2.24. The molecule has 0 bridgehead atoms. The van der Waals surface area contributed by atoms with Gasteiger partial charge in [-0.25, -0.2) is 9.97 Å². The lowest BCUT2D eigenvalue weighted by atomic mass is 9.99. The minimum absolute atomic E-state index is 0.149. The fourth-order valence-corrected chi connectivity index (χ4v) is 3.56. The van der Waals surface area contributed by atoms with Gasteiger partial charge in [0.05, 0.1) is 18.9 Å². The third kappa shape index (κ3) is 4.73. The molecule has 1 saturated heterocycles. The molecule has 26 heavy (non-hydrogen) atoms. The molecular formula is C21H29N3O2. The molecule has 0 saturated carbocycles. The van der Waals surface area contributed by atoms with E-state index in [-0.39, 0.29) is 6.10 Å². The molecule has 0 N–H and O–H groups in total. The normalized spacial score (nSPS) is 18.9. The van der Waals surface area contributed by atoms with E-state index in [1.807, 2.05) is 32.2 Å². The van der Waals surface area contributed by atoms with E-state index < -0.39 is 0 Å². The highest BCUT2D eigenvalue weighted by Gasteiger charge is 2.27. The SMILES string of the molecule is COc1cccc(C(C)N2CC[C@H](Cc3ccnc(OC(C)C)c3)C2)n1. The summed E-state index contributed by atoms with van der Waals surface area (Å²) in [7, 11) is 1.66. The second kappa shape index (κ2) is 8.49. The van der Waals surface area contributed by atoms with Gasteiger partial charge < -0.3 is 9.47 Å². The van der Waals surface area contributed by atoms with Crippen LogP contribution in [0.15, 0.2) is 36.5 Å². The molecule has 2 aromatic rings. The summed E-state index contributed by atoms with van der Waals surface area (Å²) in [4.78, 5) is 11.4. The molecule has 2 aromatic heterocycles.